The van der Waals surface area contributed by atoms with Crippen molar-refractivity contribution in [3.8, 4) is 27.9 Å². The molecule has 0 saturated carbocycles. The van der Waals surface area contributed by atoms with Crippen LogP contribution in [0.5, 0.6) is 0 Å². The van der Waals surface area contributed by atoms with Crippen LogP contribution >= 0.6 is 0 Å². The van der Waals surface area contributed by atoms with Crippen LogP contribution in [0, 0.1) is 0 Å². The van der Waals surface area contributed by atoms with E-state index in [0.717, 1.165) is 22.7 Å². The molecule has 0 aliphatic carbocycles. The molecular weight excluding hydrogens is 629 g/mol. The van der Waals surface area contributed by atoms with Crippen molar-refractivity contribution in [2.75, 3.05) is 4.90 Å². The summed E-state index contributed by atoms with van der Waals surface area (Å²) in [7, 11) is 0. The molecule has 0 bridgehead atoms. The quantitative estimate of drug-likeness (QED) is 0.172. The molecule has 9 aromatic carbocycles. The lowest BCUT2D eigenvalue weighted by Crippen LogP contribution is -2.10. The van der Waals surface area contributed by atoms with Crippen LogP contribution in [0.15, 0.2) is 206 Å². The molecule has 0 radical (unpaired) electrons. The molecule has 1 aromatic heterocycles. The molecule has 0 amide bonds. The molecule has 0 aliphatic rings. The molecule has 244 valence electrons. The number of aromatic nitrogens is 1. The van der Waals surface area contributed by atoms with Gasteiger partial charge >= 0.3 is 0 Å². The van der Waals surface area contributed by atoms with Crippen molar-refractivity contribution < 1.29 is 0 Å². The first kappa shape index (κ1) is 30.0. The van der Waals surface area contributed by atoms with E-state index in [1.165, 1.54) is 65.6 Å². The van der Waals surface area contributed by atoms with Gasteiger partial charge in [-0.15, -0.1) is 0 Å². The summed E-state index contributed by atoms with van der Waals surface area (Å²) in [6.45, 7) is 0. The standard InChI is InChI=1S/C50H34N2/c1-2-12-35(13-3-1)39-17-10-18-43(34-39)51(40-27-24-38(25-28-40)45-22-11-16-36-14-4-6-19-44(36)45)41-29-31-42(32-30-41)52-49-23-9-8-21-47(49)48-33-26-37-15-5-7-20-46(37)50(48)52/h1-34H. The SMILES string of the molecule is c1ccc(-c2cccc(N(c3ccc(-c4cccc5ccccc45)cc3)c3ccc(-n4c5ccccc5c5ccc6ccccc6c54)cc3)c2)cc1. The predicted molar refractivity (Wildman–Crippen MR) is 221 cm³/mol. The number of benzene rings is 9. The fourth-order valence-corrected chi connectivity index (χ4v) is 7.92. The molecule has 10 rings (SSSR count). The molecule has 1 heterocycles. The Labute approximate surface area is 303 Å². The monoisotopic (exact) mass is 662 g/mol. The van der Waals surface area contributed by atoms with Crippen LogP contribution in [0.3, 0.4) is 0 Å². The van der Waals surface area contributed by atoms with Crippen molar-refractivity contribution >= 4 is 60.4 Å². The molecule has 0 aliphatic heterocycles. The van der Waals surface area contributed by atoms with E-state index in [4.69, 9.17) is 0 Å². The largest absolute Gasteiger partial charge is 0.310 e. The van der Waals surface area contributed by atoms with E-state index in [1.807, 2.05) is 0 Å². The summed E-state index contributed by atoms with van der Waals surface area (Å²) in [5.74, 6) is 0. The Hall–Kier alpha value is -6.90. The van der Waals surface area contributed by atoms with Crippen molar-refractivity contribution in [3.05, 3.63) is 206 Å². The summed E-state index contributed by atoms with van der Waals surface area (Å²) in [4.78, 5) is 2.37. The van der Waals surface area contributed by atoms with Crippen LogP contribution in [0.25, 0.3) is 71.3 Å². The van der Waals surface area contributed by atoms with Gasteiger partial charge in [0.25, 0.3) is 0 Å². The van der Waals surface area contributed by atoms with Crippen LogP contribution in [-0.2, 0) is 0 Å². The Morgan fingerprint density at radius 2 is 0.923 bits per heavy atom. The summed E-state index contributed by atoms with van der Waals surface area (Å²) < 4.78 is 2.43. The lowest BCUT2D eigenvalue weighted by molar-refractivity contribution is 1.18. The third-order valence-corrected chi connectivity index (χ3v) is 10.4. The molecule has 10 aromatic rings. The molecule has 0 saturated heterocycles. The molecule has 2 nitrogen and oxygen atoms in total. The van der Waals surface area contributed by atoms with Crippen LogP contribution in [0.4, 0.5) is 17.1 Å². The van der Waals surface area contributed by atoms with E-state index in [0.29, 0.717) is 0 Å². The summed E-state index contributed by atoms with van der Waals surface area (Å²) in [5, 5.41) is 7.54. The van der Waals surface area contributed by atoms with Crippen molar-refractivity contribution in [1.29, 1.82) is 0 Å². The van der Waals surface area contributed by atoms with Crippen molar-refractivity contribution in [3.63, 3.8) is 0 Å². The zero-order valence-electron chi connectivity index (χ0n) is 28.5. The number of nitrogens with zero attached hydrogens (tertiary/aromatic N) is 2. The van der Waals surface area contributed by atoms with E-state index in [-0.39, 0.29) is 0 Å². The third-order valence-electron chi connectivity index (χ3n) is 10.4. The number of rotatable bonds is 6. The topological polar surface area (TPSA) is 8.17 Å². The van der Waals surface area contributed by atoms with E-state index in [2.05, 4.69) is 216 Å². The summed E-state index contributed by atoms with van der Waals surface area (Å²) in [5.41, 5.74) is 11.7. The van der Waals surface area contributed by atoms with Gasteiger partial charge in [0.1, 0.15) is 0 Å². The highest BCUT2D eigenvalue weighted by molar-refractivity contribution is 6.18. The van der Waals surface area contributed by atoms with Crippen LogP contribution in [0.1, 0.15) is 0 Å². The maximum Gasteiger partial charge on any atom is 0.0619 e. The highest BCUT2D eigenvalue weighted by Gasteiger charge is 2.17. The first-order chi connectivity index (χ1) is 25.8. The lowest BCUT2D eigenvalue weighted by Gasteiger charge is -2.26. The minimum absolute atomic E-state index is 1.09. The zero-order valence-corrected chi connectivity index (χ0v) is 28.5. The van der Waals surface area contributed by atoms with E-state index >= 15 is 0 Å². The summed E-state index contributed by atoms with van der Waals surface area (Å²) >= 11 is 0. The molecule has 0 unspecified atom stereocenters. The van der Waals surface area contributed by atoms with Crippen LogP contribution in [-0.4, -0.2) is 4.57 Å². The predicted octanol–water partition coefficient (Wildman–Crippen LogP) is 13.9. The van der Waals surface area contributed by atoms with E-state index in [1.54, 1.807) is 0 Å². The van der Waals surface area contributed by atoms with Gasteiger partial charge < -0.3 is 9.47 Å². The normalized spacial score (nSPS) is 11.5. The van der Waals surface area contributed by atoms with Crippen molar-refractivity contribution in [2.24, 2.45) is 0 Å². The van der Waals surface area contributed by atoms with E-state index < -0.39 is 0 Å². The molecule has 2 heteroatoms. The average Bonchev–Trinajstić information content (AvgIpc) is 3.57. The minimum atomic E-state index is 1.09. The summed E-state index contributed by atoms with van der Waals surface area (Å²) in [6, 6.07) is 74.6. The second kappa shape index (κ2) is 12.5. The number of anilines is 3. The number of hydrogen-bond acceptors (Lipinski definition) is 1. The van der Waals surface area contributed by atoms with Gasteiger partial charge in [-0.3, -0.25) is 0 Å². The fraction of sp³-hybridized carbons (Fsp3) is 0. The molecule has 0 spiro atoms. The van der Waals surface area contributed by atoms with Gasteiger partial charge in [-0.05, 0) is 93.0 Å². The second-order valence-corrected chi connectivity index (χ2v) is 13.4. The van der Waals surface area contributed by atoms with Gasteiger partial charge in [-0.1, -0.05) is 152 Å². The number of fused-ring (bicyclic) bond motifs is 6. The second-order valence-electron chi connectivity index (χ2n) is 13.4. The first-order valence-corrected chi connectivity index (χ1v) is 17.9. The van der Waals surface area contributed by atoms with Crippen molar-refractivity contribution in [1.82, 2.24) is 4.57 Å². The molecule has 0 atom stereocenters. The van der Waals surface area contributed by atoms with Gasteiger partial charge in [-0.25, -0.2) is 0 Å². The number of para-hydroxylation sites is 1. The lowest BCUT2D eigenvalue weighted by atomic mass is 9.98. The Balaban J connectivity index is 1.12. The zero-order chi connectivity index (χ0) is 34.4. The summed E-state index contributed by atoms with van der Waals surface area (Å²) in [6.07, 6.45) is 0. The maximum atomic E-state index is 2.43. The fourth-order valence-electron chi connectivity index (χ4n) is 7.92. The number of hydrogen-bond donors (Lipinski definition) is 0. The highest BCUT2D eigenvalue weighted by Crippen LogP contribution is 2.40. The molecule has 52 heavy (non-hydrogen) atoms. The molecule has 0 fully saturated rings. The van der Waals surface area contributed by atoms with Gasteiger partial charge in [0.05, 0.1) is 11.0 Å². The molecular formula is C50H34N2. The van der Waals surface area contributed by atoms with Gasteiger partial charge in [0.2, 0.25) is 0 Å². The van der Waals surface area contributed by atoms with Gasteiger partial charge in [0.15, 0.2) is 0 Å². The van der Waals surface area contributed by atoms with Gasteiger partial charge in [0, 0.05) is 38.9 Å². The Morgan fingerprint density at radius 1 is 0.327 bits per heavy atom. The Bertz CT molecular complexity index is 2880. The van der Waals surface area contributed by atoms with Crippen LogP contribution < -0.4 is 4.90 Å². The van der Waals surface area contributed by atoms with E-state index in [9.17, 15) is 0 Å². The average molecular weight is 663 g/mol. The maximum absolute atomic E-state index is 2.43. The first-order valence-electron chi connectivity index (χ1n) is 17.9. The molecule has 0 N–H and O–H groups in total. The van der Waals surface area contributed by atoms with Crippen LogP contribution in [0.2, 0.25) is 0 Å². The highest BCUT2D eigenvalue weighted by atomic mass is 15.1. The smallest absolute Gasteiger partial charge is 0.0619 e. The third kappa shape index (κ3) is 5.04. The Kier molecular flexibility index (Phi) is 7.18. The Morgan fingerprint density at radius 3 is 1.71 bits per heavy atom. The minimum Gasteiger partial charge on any atom is -0.310 e. The van der Waals surface area contributed by atoms with Gasteiger partial charge in [-0.2, -0.15) is 0 Å². The van der Waals surface area contributed by atoms with Crippen molar-refractivity contribution in [2.45, 2.75) is 0 Å².